The number of benzene rings is 1. The first-order chi connectivity index (χ1) is 8.70. The maximum atomic E-state index is 12.1. The monoisotopic (exact) mass is 248 g/mol. The average Bonchev–Trinajstić information content (AvgIpc) is 2.34. The van der Waals surface area contributed by atoms with Gasteiger partial charge in [0.25, 0.3) is 5.91 Å². The van der Waals surface area contributed by atoms with E-state index in [-0.39, 0.29) is 18.1 Å². The molecule has 4 heteroatoms. The standard InChI is InChI=1S/C14H20N2O2/c1-15-7-6-10-4-2-3-5-13(10)14(18)16-11-8-12(17)9-11/h2-5,11-12,15,17H,6-9H2,1H3,(H,16,18). The van der Waals surface area contributed by atoms with Gasteiger partial charge in [0.15, 0.2) is 0 Å². The van der Waals surface area contributed by atoms with Crippen LogP contribution in [0.25, 0.3) is 0 Å². The summed E-state index contributed by atoms with van der Waals surface area (Å²) in [5.74, 6) is -0.0291. The molecule has 98 valence electrons. The smallest absolute Gasteiger partial charge is 0.251 e. The van der Waals surface area contributed by atoms with E-state index in [0.29, 0.717) is 12.8 Å². The fourth-order valence-corrected chi connectivity index (χ4v) is 2.19. The highest BCUT2D eigenvalue weighted by molar-refractivity contribution is 5.95. The van der Waals surface area contributed by atoms with Gasteiger partial charge in [0.2, 0.25) is 0 Å². The molecule has 1 amide bonds. The molecule has 1 aliphatic carbocycles. The van der Waals surface area contributed by atoms with Crippen LogP contribution in [0.15, 0.2) is 24.3 Å². The van der Waals surface area contributed by atoms with Gasteiger partial charge in [0, 0.05) is 11.6 Å². The van der Waals surface area contributed by atoms with Gasteiger partial charge in [-0.15, -0.1) is 0 Å². The molecule has 0 saturated heterocycles. The van der Waals surface area contributed by atoms with Gasteiger partial charge < -0.3 is 15.7 Å². The molecule has 1 aromatic carbocycles. The van der Waals surface area contributed by atoms with Gasteiger partial charge in [-0.1, -0.05) is 18.2 Å². The van der Waals surface area contributed by atoms with E-state index in [1.54, 1.807) is 0 Å². The molecule has 1 aliphatic rings. The van der Waals surface area contributed by atoms with Gasteiger partial charge >= 0.3 is 0 Å². The van der Waals surface area contributed by atoms with Gasteiger partial charge in [-0.25, -0.2) is 0 Å². The molecule has 0 bridgehead atoms. The number of hydrogen-bond donors (Lipinski definition) is 3. The van der Waals surface area contributed by atoms with Crippen molar-refractivity contribution in [3.05, 3.63) is 35.4 Å². The van der Waals surface area contributed by atoms with Crippen molar-refractivity contribution < 1.29 is 9.90 Å². The fourth-order valence-electron chi connectivity index (χ4n) is 2.19. The van der Waals surface area contributed by atoms with Crippen LogP contribution in [0.1, 0.15) is 28.8 Å². The third kappa shape index (κ3) is 3.09. The van der Waals surface area contributed by atoms with Crippen molar-refractivity contribution in [3.63, 3.8) is 0 Å². The van der Waals surface area contributed by atoms with E-state index in [1.165, 1.54) is 0 Å². The number of hydrogen-bond acceptors (Lipinski definition) is 3. The van der Waals surface area contributed by atoms with Crippen molar-refractivity contribution in [2.75, 3.05) is 13.6 Å². The topological polar surface area (TPSA) is 61.4 Å². The van der Waals surface area contributed by atoms with Gasteiger partial charge in [0.05, 0.1) is 6.10 Å². The zero-order chi connectivity index (χ0) is 13.0. The Labute approximate surface area is 107 Å². The van der Waals surface area contributed by atoms with E-state index in [4.69, 9.17) is 0 Å². The Kier molecular flexibility index (Phi) is 4.33. The van der Waals surface area contributed by atoms with Crippen molar-refractivity contribution in [2.45, 2.75) is 31.4 Å². The summed E-state index contributed by atoms with van der Waals surface area (Å²) < 4.78 is 0. The molecule has 1 saturated carbocycles. The first-order valence-corrected chi connectivity index (χ1v) is 6.42. The van der Waals surface area contributed by atoms with Crippen LogP contribution in [-0.4, -0.2) is 36.8 Å². The largest absolute Gasteiger partial charge is 0.393 e. The Bertz CT molecular complexity index is 414. The van der Waals surface area contributed by atoms with E-state index >= 15 is 0 Å². The van der Waals surface area contributed by atoms with E-state index < -0.39 is 0 Å². The fraction of sp³-hybridized carbons (Fsp3) is 0.500. The zero-order valence-electron chi connectivity index (χ0n) is 10.6. The number of rotatable bonds is 5. The summed E-state index contributed by atoms with van der Waals surface area (Å²) in [5, 5.41) is 15.3. The molecule has 0 radical (unpaired) electrons. The van der Waals surface area contributed by atoms with Gasteiger partial charge in [0.1, 0.15) is 0 Å². The molecule has 1 fully saturated rings. The summed E-state index contributed by atoms with van der Waals surface area (Å²) in [5.41, 5.74) is 1.80. The number of carbonyl (C=O) groups excluding carboxylic acids is 1. The molecule has 0 heterocycles. The Balaban J connectivity index is 2.00. The average molecular weight is 248 g/mol. The van der Waals surface area contributed by atoms with E-state index in [9.17, 15) is 9.90 Å². The van der Waals surface area contributed by atoms with Crippen molar-refractivity contribution in [1.29, 1.82) is 0 Å². The highest BCUT2D eigenvalue weighted by Crippen LogP contribution is 2.20. The molecule has 0 atom stereocenters. The molecule has 4 nitrogen and oxygen atoms in total. The lowest BCUT2D eigenvalue weighted by atomic mass is 9.89. The van der Waals surface area contributed by atoms with Crippen LogP contribution in [-0.2, 0) is 6.42 Å². The van der Waals surface area contributed by atoms with E-state index in [2.05, 4.69) is 10.6 Å². The van der Waals surface area contributed by atoms with Gasteiger partial charge in [-0.3, -0.25) is 4.79 Å². The third-order valence-electron chi connectivity index (χ3n) is 3.35. The molecular formula is C14H20N2O2. The highest BCUT2D eigenvalue weighted by Gasteiger charge is 2.28. The second kappa shape index (κ2) is 5.98. The minimum absolute atomic E-state index is 0.0291. The Morgan fingerprint density at radius 3 is 2.78 bits per heavy atom. The Morgan fingerprint density at radius 1 is 1.39 bits per heavy atom. The van der Waals surface area contributed by atoms with E-state index in [0.717, 1.165) is 24.1 Å². The van der Waals surface area contributed by atoms with E-state index in [1.807, 2.05) is 31.3 Å². The third-order valence-corrected chi connectivity index (χ3v) is 3.35. The van der Waals surface area contributed by atoms with Crippen molar-refractivity contribution in [1.82, 2.24) is 10.6 Å². The summed E-state index contributed by atoms with van der Waals surface area (Å²) in [6.07, 6.45) is 1.94. The SMILES string of the molecule is CNCCc1ccccc1C(=O)NC1CC(O)C1. The van der Waals surface area contributed by atoms with Crippen LogP contribution in [0.2, 0.25) is 0 Å². The molecule has 1 aromatic rings. The Morgan fingerprint density at radius 2 is 2.11 bits per heavy atom. The zero-order valence-corrected chi connectivity index (χ0v) is 10.6. The summed E-state index contributed by atoms with van der Waals surface area (Å²) in [6.45, 7) is 0.854. The molecule has 0 aromatic heterocycles. The number of amides is 1. The van der Waals surface area contributed by atoms with Crippen LogP contribution < -0.4 is 10.6 Å². The highest BCUT2D eigenvalue weighted by atomic mass is 16.3. The molecule has 3 N–H and O–H groups in total. The normalized spacial score (nSPS) is 22.3. The van der Waals surface area contributed by atoms with Gasteiger partial charge in [-0.05, 0) is 44.5 Å². The summed E-state index contributed by atoms with van der Waals surface area (Å²) >= 11 is 0. The maximum absolute atomic E-state index is 12.1. The number of aliphatic hydroxyl groups is 1. The number of nitrogens with one attached hydrogen (secondary N) is 2. The van der Waals surface area contributed by atoms with Crippen LogP contribution in [0.3, 0.4) is 0 Å². The molecule has 0 unspecified atom stereocenters. The summed E-state index contributed by atoms with van der Waals surface area (Å²) in [4.78, 5) is 12.1. The second-order valence-corrected chi connectivity index (χ2v) is 4.81. The minimum Gasteiger partial charge on any atom is -0.393 e. The van der Waals surface area contributed by atoms with Crippen LogP contribution >= 0.6 is 0 Å². The summed E-state index contributed by atoms with van der Waals surface area (Å²) in [6, 6.07) is 7.81. The molecular weight excluding hydrogens is 228 g/mol. The molecule has 18 heavy (non-hydrogen) atoms. The lowest BCUT2D eigenvalue weighted by molar-refractivity contribution is 0.0562. The predicted octanol–water partition coefficient (Wildman–Crippen LogP) is 0.702. The quantitative estimate of drug-likeness (QED) is 0.719. The molecule has 0 aliphatic heterocycles. The van der Waals surface area contributed by atoms with Crippen LogP contribution in [0, 0.1) is 0 Å². The summed E-state index contributed by atoms with van der Waals surface area (Å²) in [7, 11) is 1.90. The first-order valence-electron chi connectivity index (χ1n) is 6.42. The first kappa shape index (κ1) is 13.1. The van der Waals surface area contributed by atoms with Crippen molar-refractivity contribution in [2.24, 2.45) is 0 Å². The minimum atomic E-state index is -0.241. The molecule has 2 rings (SSSR count). The lowest BCUT2D eigenvalue weighted by Gasteiger charge is -2.32. The maximum Gasteiger partial charge on any atom is 0.251 e. The van der Waals surface area contributed by atoms with Crippen molar-refractivity contribution >= 4 is 5.91 Å². The number of likely N-dealkylation sites (N-methyl/N-ethyl adjacent to an activating group) is 1. The Hall–Kier alpha value is -1.39. The second-order valence-electron chi connectivity index (χ2n) is 4.81. The van der Waals surface area contributed by atoms with Crippen LogP contribution in [0.4, 0.5) is 0 Å². The molecule has 0 spiro atoms. The van der Waals surface area contributed by atoms with Crippen molar-refractivity contribution in [3.8, 4) is 0 Å². The van der Waals surface area contributed by atoms with Crippen LogP contribution in [0.5, 0.6) is 0 Å². The van der Waals surface area contributed by atoms with Gasteiger partial charge in [-0.2, -0.15) is 0 Å². The lowest BCUT2D eigenvalue weighted by Crippen LogP contribution is -2.46. The predicted molar refractivity (Wildman–Crippen MR) is 70.6 cm³/mol. The number of aliphatic hydroxyl groups excluding tert-OH is 1. The number of carbonyl (C=O) groups is 1.